The molecule has 1 fully saturated rings. The van der Waals surface area contributed by atoms with Crippen molar-refractivity contribution in [3.8, 4) is 0 Å². The van der Waals surface area contributed by atoms with Crippen LogP contribution in [0.4, 0.5) is 0 Å². The number of nitrogens with zero attached hydrogens (tertiary/aromatic N) is 2. The molecule has 1 saturated heterocycles. The smallest absolute Gasteiger partial charge is 0.260 e. The number of aliphatic hydroxyl groups is 1. The first kappa shape index (κ1) is 13.5. The highest BCUT2D eigenvalue weighted by Crippen LogP contribution is 2.17. The minimum atomic E-state index is -3.67. The predicted octanol–water partition coefficient (Wildman–Crippen LogP) is -0.807. The molecule has 102 valence electrons. The molecule has 2 heterocycles. The van der Waals surface area contributed by atoms with Crippen LogP contribution >= 0.6 is 0 Å². The quantitative estimate of drug-likeness (QED) is 0.667. The second-order valence-corrected chi connectivity index (χ2v) is 6.29. The van der Waals surface area contributed by atoms with Gasteiger partial charge in [-0.2, -0.15) is 5.10 Å². The van der Waals surface area contributed by atoms with Crippen molar-refractivity contribution in [3.63, 3.8) is 0 Å². The molecule has 0 radical (unpaired) electrons. The van der Waals surface area contributed by atoms with Crippen LogP contribution in [0, 0.1) is 6.92 Å². The van der Waals surface area contributed by atoms with Crippen LogP contribution in [-0.2, 0) is 16.6 Å². The Bertz CT molecular complexity index is 525. The summed E-state index contributed by atoms with van der Waals surface area (Å²) >= 11 is 0. The normalized spacial score (nSPS) is 21.6. The van der Waals surface area contributed by atoms with Gasteiger partial charge in [0.25, 0.3) is 10.0 Å². The second-order valence-electron chi connectivity index (χ2n) is 4.66. The molecule has 18 heavy (non-hydrogen) atoms. The average molecular weight is 274 g/mol. The van der Waals surface area contributed by atoms with Crippen molar-refractivity contribution in [3.05, 3.63) is 11.3 Å². The van der Waals surface area contributed by atoms with E-state index in [-0.39, 0.29) is 17.7 Å². The van der Waals surface area contributed by atoms with Gasteiger partial charge in [-0.15, -0.1) is 0 Å². The molecule has 1 aliphatic rings. The van der Waals surface area contributed by atoms with Crippen LogP contribution in [0.1, 0.15) is 17.7 Å². The number of rotatable bonds is 4. The maximum atomic E-state index is 12.2. The molecular formula is C10H18N4O3S. The number of aromatic amines is 1. The highest BCUT2D eigenvalue weighted by molar-refractivity contribution is 7.89. The molecule has 0 spiro atoms. The molecule has 0 aromatic carbocycles. The van der Waals surface area contributed by atoms with E-state index < -0.39 is 10.0 Å². The minimum Gasteiger partial charge on any atom is -0.392 e. The number of hydrogen-bond donors (Lipinski definition) is 3. The van der Waals surface area contributed by atoms with Crippen LogP contribution in [0.15, 0.2) is 5.03 Å². The van der Waals surface area contributed by atoms with Crippen LogP contribution in [-0.4, -0.2) is 54.8 Å². The topological polar surface area (TPSA) is 98.3 Å². The van der Waals surface area contributed by atoms with E-state index in [2.05, 4.69) is 19.8 Å². The van der Waals surface area contributed by atoms with Gasteiger partial charge in [-0.25, -0.2) is 13.1 Å². The van der Waals surface area contributed by atoms with Gasteiger partial charge in [0, 0.05) is 23.8 Å². The maximum Gasteiger partial charge on any atom is 0.260 e. The van der Waals surface area contributed by atoms with Gasteiger partial charge < -0.3 is 10.0 Å². The number of aryl methyl sites for hydroxylation is 1. The summed E-state index contributed by atoms with van der Waals surface area (Å²) in [6.45, 7) is 2.90. The fourth-order valence-electron chi connectivity index (χ4n) is 2.14. The summed E-state index contributed by atoms with van der Waals surface area (Å²) in [5.41, 5.74) is 0.898. The molecule has 1 aromatic heterocycles. The number of aliphatic hydroxyl groups excluding tert-OH is 1. The first-order valence-electron chi connectivity index (χ1n) is 5.79. The Kier molecular flexibility index (Phi) is 3.71. The van der Waals surface area contributed by atoms with Gasteiger partial charge >= 0.3 is 0 Å². The standard InChI is InChI=1S/C10H18N4O3S/c1-7-9(6-15)10(12-11-7)18(16,17)13-8-3-4-14(2)5-8/h8,13,15H,3-6H2,1-2H3,(H,11,12). The van der Waals surface area contributed by atoms with E-state index in [4.69, 9.17) is 0 Å². The third kappa shape index (κ3) is 2.56. The SMILES string of the molecule is Cc1[nH]nc(S(=O)(=O)NC2CCN(C)C2)c1CO. The Balaban J connectivity index is 2.20. The van der Waals surface area contributed by atoms with Gasteiger partial charge in [-0.05, 0) is 26.9 Å². The minimum absolute atomic E-state index is 0.0939. The molecule has 1 aliphatic heterocycles. The number of likely N-dealkylation sites (tertiary alicyclic amines) is 1. The molecule has 0 aliphatic carbocycles. The number of likely N-dealkylation sites (N-methyl/N-ethyl adjacent to an activating group) is 1. The molecule has 1 atom stereocenters. The lowest BCUT2D eigenvalue weighted by Gasteiger charge is -2.12. The van der Waals surface area contributed by atoms with Gasteiger partial charge in [0.1, 0.15) is 0 Å². The predicted molar refractivity (Wildman–Crippen MR) is 65.5 cm³/mol. The highest BCUT2D eigenvalue weighted by Gasteiger charge is 2.29. The Morgan fingerprint density at radius 2 is 2.33 bits per heavy atom. The molecule has 0 amide bonds. The van der Waals surface area contributed by atoms with E-state index in [1.165, 1.54) is 0 Å². The zero-order valence-electron chi connectivity index (χ0n) is 10.5. The largest absolute Gasteiger partial charge is 0.392 e. The van der Waals surface area contributed by atoms with Crippen LogP contribution < -0.4 is 4.72 Å². The van der Waals surface area contributed by atoms with Crippen molar-refractivity contribution >= 4 is 10.0 Å². The monoisotopic (exact) mass is 274 g/mol. The lowest BCUT2D eigenvalue weighted by Crippen LogP contribution is -2.37. The average Bonchev–Trinajstić information content (AvgIpc) is 2.84. The highest BCUT2D eigenvalue weighted by atomic mass is 32.2. The van der Waals surface area contributed by atoms with E-state index in [1.54, 1.807) is 6.92 Å². The molecule has 1 aromatic rings. The number of H-pyrrole nitrogens is 1. The van der Waals surface area contributed by atoms with Gasteiger partial charge in [-0.3, -0.25) is 5.10 Å². The number of aromatic nitrogens is 2. The van der Waals surface area contributed by atoms with Gasteiger partial charge in [0.15, 0.2) is 5.03 Å². The van der Waals surface area contributed by atoms with E-state index in [9.17, 15) is 13.5 Å². The van der Waals surface area contributed by atoms with E-state index >= 15 is 0 Å². The zero-order valence-corrected chi connectivity index (χ0v) is 11.3. The summed E-state index contributed by atoms with van der Waals surface area (Å²) in [7, 11) is -1.72. The fraction of sp³-hybridized carbons (Fsp3) is 0.700. The Labute approximate surface area is 106 Å². The Morgan fingerprint density at radius 1 is 1.61 bits per heavy atom. The third-order valence-electron chi connectivity index (χ3n) is 3.16. The van der Waals surface area contributed by atoms with Crippen molar-refractivity contribution in [1.29, 1.82) is 0 Å². The van der Waals surface area contributed by atoms with Crippen LogP contribution in [0.5, 0.6) is 0 Å². The zero-order chi connectivity index (χ0) is 13.3. The summed E-state index contributed by atoms with van der Waals surface area (Å²) < 4.78 is 27.0. The van der Waals surface area contributed by atoms with Gasteiger partial charge in [0.05, 0.1) is 6.61 Å². The molecule has 2 rings (SSSR count). The van der Waals surface area contributed by atoms with Crippen molar-refractivity contribution < 1.29 is 13.5 Å². The molecule has 0 bridgehead atoms. The number of nitrogens with one attached hydrogen (secondary N) is 2. The molecule has 1 unspecified atom stereocenters. The van der Waals surface area contributed by atoms with Crippen molar-refractivity contribution in [2.24, 2.45) is 0 Å². The summed E-state index contributed by atoms with van der Waals surface area (Å²) in [5.74, 6) is 0. The molecule has 3 N–H and O–H groups in total. The first-order chi connectivity index (χ1) is 8.44. The Hall–Kier alpha value is -0.960. The van der Waals surface area contributed by atoms with Crippen LogP contribution in [0.2, 0.25) is 0 Å². The fourth-order valence-corrected chi connectivity index (χ4v) is 3.60. The molecule has 0 saturated carbocycles. The first-order valence-corrected chi connectivity index (χ1v) is 7.28. The molecular weight excluding hydrogens is 256 g/mol. The number of sulfonamides is 1. The van der Waals surface area contributed by atoms with Gasteiger partial charge in [0.2, 0.25) is 0 Å². The molecule has 7 nitrogen and oxygen atoms in total. The molecule has 8 heteroatoms. The van der Waals surface area contributed by atoms with E-state index in [0.29, 0.717) is 17.8 Å². The van der Waals surface area contributed by atoms with Crippen molar-refractivity contribution in [2.45, 2.75) is 31.0 Å². The van der Waals surface area contributed by atoms with Crippen LogP contribution in [0.25, 0.3) is 0 Å². The summed E-state index contributed by atoms with van der Waals surface area (Å²) in [4.78, 5) is 2.07. The maximum absolute atomic E-state index is 12.2. The van der Waals surface area contributed by atoms with E-state index in [0.717, 1.165) is 13.0 Å². The summed E-state index contributed by atoms with van der Waals surface area (Å²) in [6, 6.07) is -0.0939. The van der Waals surface area contributed by atoms with Crippen molar-refractivity contribution in [2.75, 3.05) is 20.1 Å². The third-order valence-corrected chi connectivity index (χ3v) is 4.65. The number of hydrogen-bond acceptors (Lipinski definition) is 5. The summed E-state index contributed by atoms with van der Waals surface area (Å²) in [6.07, 6.45) is 0.785. The van der Waals surface area contributed by atoms with E-state index in [1.807, 2.05) is 7.05 Å². The van der Waals surface area contributed by atoms with Crippen LogP contribution in [0.3, 0.4) is 0 Å². The Morgan fingerprint density at radius 3 is 2.89 bits per heavy atom. The van der Waals surface area contributed by atoms with Gasteiger partial charge in [-0.1, -0.05) is 0 Å². The lowest BCUT2D eigenvalue weighted by atomic mass is 10.3. The summed E-state index contributed by atoms with van der Waals surface area (Å²) in [5, 5.41) is 15.5. The lowest BCUT2D eigenvalue weighted by molar-refractivity contribution is 0.277. The van der Waals surface area contributed by atoms with Crippen molar-refractivity contribution in [1.82, 2.24) is 19.8 Å². The second kappa shape index (κ2) is 4.96.